The average molecular weight is 268 g/mol. The summed E-state index contributed by atoms with van der Waals surface area (Å²) in [6, 6.07) is 12.4. The quantitative estimate of drug-likeness (QED) is 0.880. The molecule has 102 valence electrons. The van der Waals surface area contributed by atoms with Crippen LogP contribution in [0.4, 0.5) is 11.4 Å². The van der Waals surface area contributed by atoms with Gasteiger partial charge in [-0.2, -0.15) is 0 Å². The zero-order valence-corrected chi connectivity index (χ0v) is 11.3. The van der Waals surface area contributed by atoms with Crippen molar-refractivity contribution in [3.05, 3.63) is 53.6 Å². The maximum Gasteiger partial charge on any atom is 0.258 e. The molecule has 4 nitrogen and oxygen atoms in total. The summed E-state index contributed by atoms with van der Waals surface area (Å²) in [5.41, 5.74) is 3.75. The van der Waals surface area contributed by atoms with E-state index in [4.69, 9.17) is 0 Å². The second-order valence-corrected chi connectivity index (χ2v) is 4.93. The number of fused-ring (bicyclic) bond motifs is 1. The number of rotatable bonds is 2. The molecule has 0 radical (unpaired) electrons. The van der Waals surface area contributed by atoms with Crippen LogP contribution in [0.25, 0.3) is 0 Å². The SMILES string of the molecule is CN(C(=O)c1ccc2c(c1)CCN2)c1ccc(O)cc1. The maximum absolute atomic E-state index is 12.5. The van der Waals surface area contributed by atoms with Crippen molar-refractivity contribution < 1.29 is 9.90 Å². The summed E-state index contributed by atoms with van der Waals surface area (Å²) in [5, 5.41) is 12.6. The number of nitrogens with zero attached hydrogens (tertiary/aromatic N) is 1. The molecule has 1 aliphatic rings. The zero-order valence-electron chi connectivity index (χ0n) is 11.3. The minimum atomic E-state index is -0.0506. The predicted molar refractivity (Wildman–Crippen MR) is 79.5 cm³/mol. The number of phenols is 1. The first kappa shape index (κ1) is 12.5. The molecule has 0 saturated heterocycles. The Labute approximate surface area is 117 Å². The van der Waals surface area contributed by atoms with Crippen LogP contribution in [0.5, 0.6) is 5.75 Å². The van der Waals surface area contributed by atoms with E-state index in [9.17, 15) is 9.90 Å². The van der Waals surface area contributed by atoms with Gasteiger partial charge < -0.3 is 15.3 Å². The highest BCUT2D eigenvalue weighted by Gasteiger charge is 2.17. The molecule has 0 unspecified atom stereocenters. The summed E-state index contributed by atoms with van der Waals surface area (Å²) < 4.78 is 0. The lowest BCUT2D eigenvalue weighted by Crippen LogP contribution is -2.26. The Kier molecular flexibility index (Phi) is 3.06. The fourth-order valence-corrected chi connectivity index (χ4v) is 2.43. The van der Waals surface area contributed by atoms with E-state index in [1.165, 1.54) is 5.56 Å². The van der Waals surface area contributed by atoms with E-state index in [0.29, 0.717) is 5.56 Å². The molecule has 0 saturated carbocycles. The first-order valence-electron chi connectivity index (χ1n) is 6.59. The standard InChI is InChI=1S/C16H16N2O2/c1-18(13-3-5-14(19)6-4-13)16(20)12-2-7-15-11(10-12)8-9-17-15/h2-7,10,17,19H,8-9H2,1H3. The van der Waals surface area contributed by atoms with Crippen molar-refractivity contribution in [3.63, 3.8) is 0 Å². The molecule has 0 atom stereocenters. The van der Waals surface area contributed by atoms with Gasteiger partial charge in [0.2, 0.25) is 0 Å². The van der Waals surface area contributed by atoms with Crippen molar-refractivity contribution in [1.29, 1.82) is 0 Å². The summed E-state index contributed by atoms with van der Waals surface area (Å²) >= 11 is 0. The van der Waals surface area contributed by atoms with Gasteiger partial charge in [-0.05, 0) is 54.4 Å². The largest absolute Gasteiger partial charge is 0.508 e. The van der Waals surface area contributed by atoms with E-state index in [1.54, 1.807) is 36.2 Å². The second-order valence-electron chi connectivity index (χ2n) is 4.93. The Bertz CT molecular complexity index is 650. The van der Waals surface area contributed by atoms with Gasteiger partial charge in [0.05, 0.1) is 0 Å². The second kappa shape index (κ2) is 4.89. The van der Waals surface area contributed by atoms with E-state index in [0.717, 1.165) is 24.3 Å². The number of amides is 1. The van der Waals surface area contributed by atoms with Gasteiger partial charge in [-0.25, -0.2) is 0 Å². The first-order valence-corrected chi connectivity index (χ1v) is 6.59. The molecule has 4 heteroatoms. The van der Waals surface area contributed by atoms with Crippen molar-refractivity contribution in [1.82, 2.24) is 0 Å². The Hall–Kier alpha value is -2.49. The summed E-state index contributed by atoms with van der Waals surface area (Å²) in [4.78, 5) is 14.1. The van der Waals surface area contributed by atoms with Crippen molar-refractivity contribution in [2.45, 2.75) is 6.42 Å². The number of nitrogens with one attached hydrogen (secondary N) is 1. The minimum absolute atomic E-state index is 0.0506. The molecule has 2 N–H and O–H groups in total. The number of carbonyl (C=O) groups is 1. The van der Waals surface area contributed by atoms with Gasteiger partial charge >= 0.3 is 0 Å². The van der Waals surface area contributed by atoms with Crippen LogP contribution in [0, 0.1) is 0 Å². The van der Waals surface area contributed by atoms with Crippen LogP contribution in [-0.4, -0.2) is 24.6 Å². The van der Waals surface area contributed by atoms with Gasteiger partial charge in [0.1, 0.15) is 5.75 Å². The highest BCUT2D eigenvalue weighted by molar-refractivity contribution is 6.06. The fraction of sp³-hybridized carbons (Fsp3) is 0.188. The maximum atomic E-state index is 12.5. The number of aromatic hydroxyl groups is 1. The molecule has 1 aliphatic heterocycles. The summed E-state index contributed by atoms with van der Waals surface area (Å²) in [5.74, 6) is 0.142. The Balaban J connectivity index is 1.86. The van der Waals surface area contributed by atoms with Gasteiger partial charge in [0.15, 0.2) is 0 Å². The monoisotopic (exact) mass is 268 g/mol. The zero-order chi connectivity index (χ0) is 14.1. The predicted octanol–water partition coefficient (Wildman–Crippen LogP) is 2.64. The molecule has 3 rings (SSSR count). The molecule has 2 aromatic carbocycles. The van der Waals surface area contributed by atoms with Crippen LogP contribution < -0.4 is 10.2 Å². The molecule has 0 bridgehead atoms. The first-order chi connectivity index (χ1) is 9.65. The molecule has 20 heavy (non-hydrogen) atoms. The van der Waals surface area contributed by atoms with Crippen LogP contribution in [0.15, 0.2) is 42.5 Å². The van der Waals surface area contributed by atoms with Crippen LogP contribution in [0.1, 0.15) is 15.9 Å². The van der Waals surface area contributed by atoms with E-state index in [-0.39, 0.29) is 11.7 Å². The molecule has 0 aromatic heterocycles. The van der Waals surface area contributed by atoms with Gasteiger partial charge in [-0.15, -0.1) is 0 Å². The number of benzene rings is 2. The van der Waals surface area contributed by atoms with Crippen molar-refractivity contribution >= 4 is 17.3 Å². The molecule has 0 aliphatic carbocycles. The Morgan fingerprint density at radius 1 is 1.20 bits per heavy atom. The van der Waals surface area contributed by atoms with Crippen molar-refractivity contribution in [3.8, 4) is 5.75 Å². The molecule has 0 spiro atoms. The lowest BCUT2D eigenvalue weighted by Gasteiger charge is -2.18. The smallest absolute Gasteiger partial charge is 0.258 e. The molecule has 0 fully saturated rings. The fourth-order valence-electron chi connectivity index (χ4n) is 2.43. The van der Waals surface area contributed by atoms with Gasteiger partial charge in [0.25, 0.3) is 5.91 Å². The molecule has 2 aromatic rings. The number of carbonyl (C=O) groups excluding carboxylic acids is 1. The van der Waals surface area contributed by atoms with Gasteiger partial charge in [-0.3, -0.25) is 4.79 Å². The van der Waals surface area contributed by atoms with E-state index < -0.39 is 0 Å². The van der Waals surface area contributed by atoms with Crippen LogP contribution in [0.3, 0.4) is 0 Å². The summed E-state index contributed by atoms with van der Waals surface area (Å²) in [7, 11) is 1.74. The van der Waals surface area contributed by atoms with E-state index in [1.807, 2.05) is 18.2 Å². The van der Waals surface area contributed by atoms with Crippen LogP contribution in [0.2, 0.25) is 0 Å². The molecular formula is C16H16N2O2. The lowest BCUT2D eigenvalue weighted by atomic mass is 10.1. The lowest BCUT2D eigenvalue weighted by molar-refractivity contribution is 0.0993. The minimum Gasteiger partial charge on any atom is -0.508 e. The summed E-state index contributed by atoms with van der Waals surface area (Å²) in [6.45, 7) is 0.931. The Morgan fingerprint density at radius 3 is 2.70 bits per heavy atom. The third-order valence-electron chi connectivity index (χ3n) is 3.60. The average Bonchev–Trinajstić information content (AvgIpc) is 2.94. The number of phenolic OH excluding ortho intramolecular Hbond substituents is 1. The van der Waals surface area contributed by atoms with Crippen molar-refractivity contribution in [2.24, 2.45) is 0 Å². The summed E-state index contributed by atoms with van der Waals surface area (Å²) in [6.07, 6.45) is 0.958. The Morgan fingerprint density at radius 2 is 1.95 bits per heavy atom. The van der Waals surface area contributed by atoms with E-state index in [2.05, 4.69) is 5.32 Å². The molecular weight excluding hydrogens is 252 g/mol. The van der Waals surface area contributed by atoms with Gasteiger partial charge in [0, 0.05) is 30.5 Å². The number of hydrogen-bond donors (Lipinski definition) is 2. The van der Waals surface area contributed by atoms with Crippen LogP contribution >= 0.6 is 0 Å². The van der Waals surface area contributed by atoms with Crippen LogP contribution in [-0.2, 0) is 6.42 Å². The van der Waals surface area contributed by atoms with Crippen molar-refractivity contribution in [2.75, 3.05) is 23.8 Å². The number of anilines is 2. The number of hydrogen-bond acceptors (Lipinski definition) is 3. The third-order valence-corrected chi connectivity index (χ3v) is 3.60. The topological polar surface area (TPSA) is 52.6 Å². The molecule has 1 amide bonds. The third kappa shape index (κ3) is 2.20. The molecule has 1 heterocycles. The van der Waals surface area contributed by atoms with Gasteiger partial charge in [-0.1, -0.05) is 0 Å². The van der Waals surface area contributed by atoms with E-state index >= 15 is 0 Å². The highest BCUT2D eigenvalue weighted by atomic mass is 16.3. The highest BCUT2D eigenvalue weighted by Crippen LogP contribution is 2.25. The normalized spacial score (nSPS) is 12.7.